The quantitative estimate of drug-likeness (QED) is 0.756. The van der Waals surface area contributed by atoms with Crippen LogP contribution in [0, 0.1) is 0 Å². The molecule has 0 saturated heterocycles. The highest BCUT2D eigenvalue weighted by Crippen LogP contribution is 2.24. The number of rotatable bonds is 1. The lowest BCUT2D eigenvalue weighted by Gasteiger charge is -2.19. The summed E-state index contributed by atoms with van der Waals surface area (Å²) in [5, 5.41) is 2.72. The molecule has 1 aliphatic rings. The number of anilines is 1. The van der Waals surface area contributed by atoms with Gasteiger partial charge in [-0.15, -0.1) is 0 Å². The van der Waals surface area contributed by atoms with Crippen LogP contribution in [0.1, 0.15) is 36.7 Å². The van der Waals surface area contributed by atoms with Crippen LogP contribution in [0.4, 0.5) is 5.69 Å². The maximum Gasteiger partial charge on any atom is 0.338 e. The van der Waals surface area contributed by atoms with Gasteiger partial charge in [-0.25, -0.2) is 4.79 Å². The summed E-state index contributed by atoms with van der Waals surface area (Å²) in [6, 6.07) is 5.11. The lowest BCUT2D eigenvalue weighted by molar-refractivity contribution is -0.115. The molecule has 0 aromatic heterocycles. The first-order valence-corrected chi connectivity index (χ1v) is 5.51. The SMILES string of the molecule is CC(C)(C)OC(=O)c1ccc2c(c1)CC(=O)N2. The Morgan fingerprint density at radius 2 is 2.06 bits per heavy atom. The normalized spacial score (nSPS) is 14.2. The number of carbonyl (C=O) groups is 2. The van der Waals surface area contributed by atoms with Gasteiger partial charge in [0.15, 0.2) is 0 Å². The van der Waals surface area contributed by atoms with Crippen molar-refractivity contribution < 1.29 is 14.3 Å². The van der Waals surface area contributed by atoms with E-state index in [2.05, 4.69) is 5.32 Å². The molecule has 0 spiro atoms. The van der Waals surface area contributed by atoms with E-state index in [1.165, 1.54) is 0 Å². The van der Waals surface area contributed by atoms with Gasteiger partial charge in [-0.2, -0.15) is 0 Å². The number of benzene rings is 1. The molecule has 4 nitrogen and oxygen atoms in total. The van der Waals surface area contributed by atoms with Crippen LogP contribution in [0.2, 0.25) is 0 Å². The van der Waals surface area contributed by atoms with Crippen LogP contribution in [0.25, 0.3) is 0 Å². The van der Waals surface area contributed by atoms with Gasteiger partial charge < -0.3 is 10.1 Å². The molecule has 1 aromatic carbocycles. The van der Waals surface area contributed by atoms with Crippen molar-refractivity contribution in [2.24, 2.45) is 0 Å². The minimum Gasteiger partial charge on any atom is -0.456 e. The molecule has 17 heavy (non-hydrogen) atoms. The second kappa shape index (κ2) is 3.87. The highest BCUT2D eigenvalue weighted by Gasteiger charge is 2.22. The molecule has 90 valence electrons. The molecular formula is C13H15NO3. The highest BCUT2D eigenvalue weighted by atomic mass is 16.6. The number of hydrogen-bond donors (Lipinski definition) is 1. The molecule has 1 heterocycles. The number of esters is 1. The minimum absolute atomic E-state index is 0.0404. The summed E-state index contributed by atoms with van der Waals surface area (Å²) < 4.78 is 5.27. The Kier molecular flexibility index (Phi) is 2.65. The van der Waals surface area contributed by atoms with Crippen LogP contribution in [0.3, 0.4) is 0 Å². The molecule has 1 amide bonds. The van der Waals surface area contributed by atoms with E-state index in [1.807, 2.05) is 20.8 Å². The van der Waals surface area contributed by atoms with E-state index in [1.54, 1.807) is 18.2 Å². The summed E-state index contributed by atoms with van der Waals surface area (Å²) in [6.45, 7) is 5.47. The average Bonchev–Trinajstić information content (AvgIpc) is 2.53. The first kappa shape index (κ1) is 11.6. The molecule has 4 heteroatoms. The van der Waals surface area contributed by atoms with Crippen molar-refractivity contribution >= 4 is 17.6 Å². The van der Waals surface area contributed by atoms with E-state index in [0.717, 1.165) is 11.3 Å². The van der Waals surface area contributed by atoms with Gasteiger partial charge in [-0.05, 0) is 44.5 Å². The third-order valence-corrected chi connectivity index (χ3v) is 2.36. The molecule has 1 aromatic rings. The van der Waals surface area contributed by atoms with Gasteiger partial charge in [0.05, 0.1) is 12.0 Å². The fraction of sp³-hybridized carbons (Fsp3) is 0.385. The van der Waals surface area contributed by atoms with Crippen molar-refractivity contribution in [3.05, 3.63) is 29.3 Å². The van der Waals surface area contributed by atoms with E-state index >= 15 is 0 Å². The van der Waals surface area contributed by atoms with Crippen LogP contribution < -0.4 is 5.32 Å². The summed E-state index contributed by atoms with van der Waals surface area (Å²) in [4.78, 5) is 23.0. The molecule has 1 aliphatic heterocycles. The van der Waals surface area contributed by atoms with Crippen molar-refractivity contribution in [2.45, 2.75) is 32.8 Å². The predicted molar refractivity (Wildman–Crippen MR) is 63.9 cm³/mol. The van der Waals surface area contributed by atoms with E-state index in [4.69, 9.17) is 4.74 Å². The van der Waals surface area contributed by atoms with E-state index in [0.29, 0.717) is 12.0 Å². The summed E-state index contributed by atoms with van der Waals surface area (Å²) in [5.41, 5.74) is 1.60. The molecule has 0 bridgehead atoms. The van der Waals surface area contributed by atoms with Crippen molar-refractivity contribution in [3.8, 4) is 0 Å². The maximum absolute atomic E-state index is 11.8. The third kappa shape index (κ3) is 2.64. The van der Waals surface area contributed by atoms with Crippen LogP contribution >= 0.6 is 0 Å². The van der Waals surface area contributed by atoms with E-state index < -0.39 is 5.60 Å². The van der Waals surface area contributed by atoms with Gasteiger partial charge in [0, 0.05) is 5.69 Å². The smallest absolute Gasteiger partial charge is 0.338 e. The molecular weight excluding hydrogens is 218 g/mol. The Bertz CT molecular complexity index is 486. The second-order valence-corrected chi connectivity index (χ2v) is 5.10. The van der Waals surface area contributed by atoms with Crippen molar-refractivity contribution in [2.75, 3.05) is 5.32 Å². The molecule has 0 atom stereocenters. The number of fused-ring (bicyclic) bond motifs is 1. The molecule has 0 radical (unpaired) electrons. The van der Waals surface area contributed by atoms with Gasteiger partial charge in [0.2, 0.25) is 5.91 Å². The molecule has 0 unspecified atom stereocenters. The van der Waals surface area contributed by atoms with Gasteiger partial charge in [-0.3, -0.25) is 4.79 Å². The zero-order valence-electron chi connectivity index (χ0n) is 10.2. The molecule has 0 aliphatic carbocycles. The van der Waals surface area contributed by atoms with Gasteiger partial charge in [0.25, 0.3) is 0 Å². The third-order valence-electron chi connectivity index (χ3n) is 2.36. The summed E-state index contributed by atoms with van der Waals surface area (Å²) in [6.07, 6.45) is 0.325. The standard InChI is InChI=1S/C13H15NO3/c1-13(2,3)17-12(16)8-4-5-10-9(6-8)7-11(15)14-10/h4-6H,7H2,1-3H3,(H,14,15). The summed E-state index contributed by atoms with van der Waals surface area (Å²) >= 11 is 0. The summed E-state index contributed by atoms with van der Waals surface area (Å²) in [7, 11) is 0. The largest absolute Gasteiger partial charge is 0.456 e. The fourth-order valence-electron chi connectivity index (χ4n) is 1.69. The lowest BCUT2D eigenvalue weighted by atomic mass is 10.1. The van der Waals surface area contributed by atoms with Crippen LogP contribution in [0.15, 0.2) is 18.2 Å². The number of amides is 1. The van der Waals surface area contributed by atoms with Gasteiger partial charge >= 0.3 is 5.97 Å². The van der Waals surface area contributed by atoms with Crippen molar-refractivity contribution in [1.82, 2.24) is 0 Å². The maximum atomic E-state index is 11.8. The first-order chi connectivity index (χ1) is 7.85. The van der Waals surface area contributed by atoms with Gasteiger partial charge in [-0.1, -0.05) is 0 Å². The topological polar surface area (TPSA) is 55.4 Å². The second-order valence-electron chi connectivity index (χ2n) is 5.10. The monoisotopic (exact) mass is 233 g/mol. The summed E-state index contributed by atoms with van der Waals surface area (Å²) in [5.74, 6) is -0.402. The highest BCUT2D eigenvalue weighted by molar-refractivity contribution is 6.00. The molecule has 0 fully saturated rings. The van der Waals surface area contributed by atoms with Crippen LogP contribution in [-0.4, -0.2) is 17.5 Å². The Balaban J connectivity index is 2.22. The number of carbonyl (C=O) groups excluding carboxylic acids is 2. The molecule has 0 saturated carbocycles. The van der Waals surface area contributed by atoms with Crippen molar-refractivity contribution in [1.29, 1.82) is 0 Å². The lowest BCUT2D eigenvalue weighted by Crippen LogP contribution is -2.23. The Hall–Kier alpha value is -1.84. The van der Waals surface area contributed by atoms with Crippen molar-refractivity contribution in [3.63, 3.8) is 0 Å². The zero-order valence-corrected chi connectivity index (χ0v) is 10.2. The number of nitrogens with one attached hydrogen (secondary N) is 1. The molecule has 1 N–H and O–H groups in total. The fourth-order valence-corrected chi connectivity index (χ4v) is 1.69. The predicted octanol–water partition coefficient (Wildman–Crippen LogP) is 2.14. The van der Waals surface area contributed by atoms with Crippen LogP contribution in [-0.2, 0) is 16.0 Å². The van der Waals surface area contributed by atoms with E-state index in [9.17, 15) is 9.59 Å². The average molecular weight is 233 g/mol. The van der Waals surface area contributed by atoms with E-state index in [-0.39, 0.29) is 11.9 Å². The van der Waals surface area contributed by atoms with Crippen LogP contribution in [0.5, 0.6) is 0 Å². The van der Waals surface area contributed by atoms with Gasteiger partial charge in [0.1, 0.15) is 5.60 Å². The Morgan fingerprint density at radius 1 is 1.35 bits per heavy atom. The number of ether oxygens (including phenoxy) is 1. The minimum atomic E-state index is -0.510. The Labute approximate surface area is 100.0 Å². The number of hydrogen-bond acceptors (Lipinski definition) is 3. The first-order valence-electron chi connectivity index (χ1n) is 5.51. The Morgan fingerprint density at radius 3 is 2.71 bits per heavy atom. The molecule has 2 rings (SSSR count). The zero-order chi connectivity index (χ0) is 12.6.